The first kappa shape index (κ1) is 14.2. The van der Waals surface area contributed by atoms with E-state index in [1.54, 1.807) is 6.92 Å². The van der Waals surface area contributed by atoms with Crippen LogP contribution >= 0.6 is 0 Å². The van der Waals surface area contributed by atoms with E-state index in [0.717, 1.165) is 12.0 Å². The Hall–Kier alpha value is -1.84. The summed E-state index contributed by atoms with van der Waals surface area (Å²) in [6.45, 7) is 3.47. The quantitative estimate of drug-likeness (QED) is 0.780. The van der Waals surface area contributed by atoms with E-state index in [-0.39, 0.29) is 11.9 Å². The van der Waals surface area contributed by atoms with Crippen LogP contribution in [0.1, 0.15) is 25.8 Å². The zero-order valence-corrected chi connectivity index (χ0v) is 10.8. The second kappa shape index (κ2) is 7.48. The van der Waals surface area contributed by atoms with Crippen molar-refractivity contribution in [1.82, 2.24) is 5.32 Å². The van der Waals surface area contributed by atoms with Crippen molar-refractivity contribution in [3.63, 3.8) is 0 Å². The van der Waals surface area contributed by atoms with Crippen LogP contribution in [0.15, 0.2) is 30.3 Å². The summed E-state index contributed by atoms with van der Waals surface area (Å²) in [5, 5.41) is 2.62. The van der Waals surface area contributed by atoms with Crippen molar-refractivity contribution >= 4 is 11.9 Å². The molecule has 1 aromatic carbocycles. The second-order valence-electron chi connectivity index (χ2n) is 4.03. The first-order chi connectivity index (χ1) is 8.63. The van der Waals surface area contributed by atoms with Crippen molar-refractivity contribution < 1.29 is 14.3 Å². The molecule has 0 bridgehead atoms. The highest BCUT2D eigenvalue weighted by Crippen LogP contribution is 2.06. The average molecular weight is 249 g/mol. The number of esters is 1. The zero-order valence-electron chi connectivity index (χ0n) is 10.8. The molecule has 0 aliphatic rings. The van der Waals surface area contributed by atoms with Gasteiger partial charge in [0.2, 0.25) is 5.91 Å². The number of hydrogen-bond donors (Lipinski definition) is 1. The number of carbonyl (C=O) groups is 2. The van der Waals surface area contributed by atoms with Gasteiger partial charge < -0.3 is 10.1 Å². The van der Waals surface area contributed by atoms with E-state index >= 15 is 0 Å². The normalized spacial score (nSPS) is 11.7. The largest absolute Gasteiger partial charge is 0.464 e. The molecule has 4 heteroatoms. The van der Waals surface area contributed by atoms with Gasteiger partial charge in [-0.1, -0.05) is 30.3 Å². The van der Waals surface area contributed by atoms with Gasteiger partial charge in [0.05, 0.1) is 6.61 Å². The first-order valence-electron chi connectivity index (χ1n) is 6.11. The summed E-state index contributed by atoms with van der Waals surface area (Å²) < 4.78 is 4.94. The van der Waals surface area contributed by atoms with Gasteiger partial charge in [0.25, 0.3) is 0 Å². The third-order valence-electron chi connectivity index (χ3n) is 2.51. The molecule has 0 saturated carbocycles. The fourth-order valence-corrected chi connectivity index (χ4v) is 1.69. The molecule has 1 N–H and O–H groups in total. The van der Waals surface area contributed by atoms with Crippen molar-refractivity contribution in [2.24, 2.45) is 0 Å². The Kier molecular flexibility index (Phi) is 5.91. The molecule has 0 heterocycles. The Morgan fingerprint density at radius 2 is 1.94 bits per heavy atom. The van der Waals surface area contributed by atoms with Gasteiger partial charge in [-0.3, -0.25) is 4.79 Å². The van der Waals surface area contributed by atoms with Crippen LogP contribution in [-0.4, -0.2) is 24.5 Å². The highest BCUT2D eigenvalue weighted by atomic mass is 16.5. The number of carbonyl (C=O) groups excluding carboxylic acids is 2. The standard InChI is InChI=1S/C14H19NO3/c1-3-18-14(17)13(15-11(2)16)10-9-12-7-5-4-6-8-12/h4-8,13H,3,9-10H2,1-2H3,(H,15,16). The van der Waals surface area contributed by atoms with Crippen LogP contribution in [0.2, 0.25) is 0 Å². The molecule has 0 aliphatic carbocycles. The Morgan fingerprint density at radius 3 is 2.50 bits per heavy atom. The number of nitrogens with one attached hydrogen (secondary N) is 1. The van der Waals surface area contributed by atoms with Gasteiger partial charge in [-0.05, 0) is 25.3 Å². The van der Waals surface area contributed by atoms with E-state index in [1.165, 1.54) is 6.92 Å². The Labute approximate surface area is 107 Å². The van der Waals surface area contributed by atoms with Crippen LogP contribution in [-0.2, 0) is 20.7 Å². The van der Waals surface area contributed by atoms with Crippen LogP contribution in [0.4, 0.5) is 0 Å². The fourth-order valence-electron chi connectivity index (χ4n) is 1.69. The van der Waals surface area contributed by atoms with Gasteiger partial charge in [0.1, 0.15) is 6.04 Å². The van der Waals surface area contributed by atoms with Crippen LogP contribution in [0.25, 0.3) is 0 Å². The van der Waals surface area contributed by atoms with Crippen molar-refractivity contribution in [2.45, 2.75) is 32.7 Å². The number of rotatable bonds is 6. The maximum Gasteiger partial charge on any atom is 0.328 e. The second-order valence-corrected chi connectivity index (χ2v) is 4.03. The van der Waals surface area contributed by atoms with Gasteiger partial charge in [-0.25, -0.2) is 4.79 Å². The zero-order chi connectivity index (χ0) is 13.4. The Morgan fingerprint density at radius 1 is 1.28 bits per heavy atom. The van der Waals surface area contributed by atoms with Gasteiger partial charge in [-0.15, -0.1) is 0 Å². The van der Waals surface area contributed by atoms with Crippen LogP contribution in [0.3, 0.4) is 0 Å². The highest BCUT2D eigenvalue weighted by Gasteiger charge is 2.20. The van der Waals surface area contributed by atoms with E-state index in [9.17, 15) is 9.59 Å². The van der Waals surface area contributed by atoms with E-state index in [0.29, 0.717) is 13.0 Å². The summed E-state index contributed by atoms with van der Waals surface area (Å²) in [5.41, 5.74) is 1.14. The maximum atomic E-state index is 11.7. The lowest BCUT2D eigenvalue weighted by molar-refractivity contribution is -0.147. The molecule has 18 heavy (non-hydrogen) atoms. The third-order valence-corrected chi connectivity index (χ3v) is 2.51. The number of ether oxygens (including phenoxy) is 1. The lowest BCUT2D eigenvalue weighted by Gasteiger charge is -2.16. The summed E-state index contributed by atoms with van der Waals surface area (Å²) in [6, 6.07) is 9.27. The summed E-state index contributed by atoms with van der Waals surface area (Å²) in [7, 11) is 0. The molecule has 0 aliphatic heterocycles. The number of amides is 1. The van der Waals surface area contributed by atoms with Crippen molar-refractivity contribution in [1.29, 1.82) is 0 Å². The lowest BCUT2D eigenvalue weighted by atomic mass is 10.1. The minimum atomic E-state index is -0.567. The van der Waals surface area contributed by atoms with E-state index < -0.39 is 6.04 Å². The van der Waals surface area contributed by atoms with Crippen LogP contribution < -0.4 is 5.32 Å². The molecule has 0 aromatic heterocycles. The van der Waals surface area contributed by atoms with E-state index in [1.807, 2.05) is 30.3 Å². The van der Waals surface area contributed by atoms with Gasteiger partial charge in [0.15, 0.2) is 0 Å². The van der Waals surface area contributed by atoms with Crippen molar-refractivity contribution in [2.75, 3.05) is 6.61 Å². The minimum Gasteiger partial charge on any atom is -0.464 e. The molecule has 1 unspecified atom stereocenters. The molecule has 0 saturated heterocycles. The van der Waals surface area contributed by atoms with E-state index in [2.05, 4.69) is 5.32 Å². The molecule has 98 valence electrons. The third kappa shape index (κ3) is 4.99. The molecule has 0 radical (unpaired) electrons. The summed E-state index contributed by atoms with van der Waals surface area (Å²) in [4.78, 5) is 22.7. The van der Waals surface area contributed by atoms with Gasteiger partial charge in [0, 0.05) is 6.92 Å². The number of aryl methyl sites for hydroxylation is 1. The fraction of sp³-hybridized carbons (Fsp3) is 0.429. The monoisotopic (exact) mass is 249 g/mol. The SMILES string of the molecule is CCOC(=O)C(CCc1ccccc1)NC(C)=O. The Bertz CT molecular complexity index is 389. The van der Waals surface area contributed by atoms with Crippen molar-refractivity contribution in [3.8, 4) is 0 Å². The van der Waals surface area contributed by atoms with Crippen LogP contribution in [0, 0.1) is 0 Å². The molecule has 1 atom stereocenters. The van der Waals surface area contributed by atoms with Gasteiger partial charge >= 0.3 is 5.97 Å². The molecule has 0 spiro atoms. The predicted molar refractivity (Wildman–Crippen MR) is 69.0 cm³/mol. The lowest BCUT2D eigenvalue weighted by Crippen LogP contribution is -2.41. The predicted octanol–water partition coefficient (Wildman–Crippen LogP) is 1.69. The summed E-state index contributed by atoms with van der Waals surface area (Å²) in [6.07, 6.45) is 1.27. The molecular formula is C14H19NO3. The first-order valence-corrected chi connectivity index (χ1v) is 6.11. The Balaban J connectivity index is 2.55. The molecule has 0 fully saturated rings. The van der Waals surface area contributed by atoms with Gasteiger partial charge in [-0.2, -0.15) is 0 Å². The number of benzene rings is 1. The maximum absolute atomic E-state index is 11.7. The minimum absolute atomic E-state index is 0.221. The summed E-state index contributed by atoms with van der Waals surface area (Å²) in [5.74, 6) is -0.593. The van der Waals surface area contributed by atoms with Crippen molar-refractivity contribution in [3.05, 3.63) is 35.9 Å². The molecular weight excluding hydrogens is 230 g/mol. The molecule has 1 amide bonds. The molecule has 4 nitrogen and oxygen atoms in total. The number of hydrogen-bond acceptors (Lipinski definition) is 3. The molecule has 1 aromatic rings. The van der Waals surface area contributed by atoms with Crippen LogP contribution in [0.5, 0.6) is 0 Å². The molecule has 1 rings (SSSR count). The summed E-state index contributed by atoms with van der Waals surface area (Å²) >= 11 is 0. The highest BCUT2D eigenvalue weighted by molar-refractivity contribution is 5.83. The average Bonchev–Trinajstić information content (AvgIpc) is 2.35. The topological polar surface area (TPSA) is 55.4 Å². The van der Waals surface area contributed by atoms with E-state index in [4.69, 9.17) is 4.74 Å². The smallest absolute Gasteiger partial charge is 0.328 e.